The van der Waals surface area contributed by atoms with E-state index in [-0.39, 0.29) is 23.8 Å². The summed E-state index contributed by atoms with van der Waals surface area (Å²) in [7, 11) is 1.84. The Bertz CT molecular complexity index is 829. The number of benzene rings is 1. The number of aryl methyl sites for hydroxylation is 1. The number of aromatic nitrogens is 2. The summed E-state index contributed by atoms with van der Waals surface area (Å²) < 4.78 is 1.81. The van der Waals surface area contributed by atoms with Gasteiger partial charge in [0.1, 0.15) is 5.82 Å². The minimum Gasteiger partial charge on any atom is -0.312 e. The fraction of sp³-hybridized carbons (Fsp3) is 0.353. The Kier molecular flexibility index (Phi) is 4.26. The van der Waals surface area contributed by atoms with Gasteiger partial charge in [-0.15, -0.1) is 0 Å². The molecule has 1 atom stereocenters. The summed E-state index contributed by atoms with van der Waals surface area (Å²) in [6.45, 7) is 4.01. The minimum absolute atomic E-state index is 0.0716. The molecule has 0 bridgehead atoms. The summed E-state index contributed by atoms with van der Waals surface area (Å²) in [5.41, 5.74) is 2.42. The monoisotopic (exact) mass is 329 g/mol. The molecule has 1 N–H and O–H groups in total. The van der Waals surface area contributed by atoms with Crippen LogP contribution < -0.4 is 10.9 Å². The van der Waals surface area contributed by atoms with Crippen molar-refractivity contribution >= 4 is 23.5 Å². The smallest absolute Gasteiger partial charge is 0.279 e. The number of rotatable bonds is 3. The van der Waals surface area contributed by atoms with Gasteiger partial charge < -0.3 is 9.88 Å². The zero-order valence-corrected chi connectivity index (χ0v) is 14.2. The second-order valence-electron chi connectivity index (χ2n) is 5.67. The lowest BCUT2D eigenvalue weighted by molar-refractivity contribution is -0.116. The molecule has 2 aromatic rings. The third kappa shape index (κ3) is 2.91. The summed E-state index contributed by atoms with van der Waals surface area (Å²) in [6, 6.07) is 7.95. The van der Waals surface area contributed by atoms with E-state index in [0.29, 0.717) is 16.5 Å². The van der Waals surface area contributed by atoms with Gasteiger partial charge in [0.25, 0.3) is 5.56 Å². The number of hydrogen-bond acceptors (Lipinski definition) is 4. The molecule has 0 spiro atoms. The van der Waals surface area contributed by atoms with Crippen LogP contribution >= 0.6 is 11.8 Å². The van der Waals surface area contributed by atoms with Crippen LogP contribution in [0.2, 0.25) is 0 Å². The lowest BCUT2D eigenvalue weighted by Crippen LogP contribution is -2.33. The topological polar surface area (TPSA) is 64.0 Å². The van der Waals surface area contributed by atoms with Crippen molar-refractivity contribution in [2.24, 2.45) is 7.05 Å². The van der Waals surface area contributed by atoms with Crippen LogP contribution in [-0.4, -0.2) is 21.2 Å². The zero-order valence-electron chi connectivity index (χ0n) is 13.4. The van der Waals surface area contributed by atoms with E-state index < -0.39 is 0 Å². The SMILES string of the molecule is CCSc1nc(=O)c2c(n1C)NC(=O)C[C@@H]2c1cccc(C)c1. The van der Waals surface area contributed by atoms with Gasteiger partial charge in [-0.1, -0.05) is 48.5 Å². The first kappa shape index (κ1) is 15.8. The van der Waals surface area contributed by atoms with Gasteiger partial charge in [0.2, 0.25) is 5.91 Å². The molecule has 3 rings (SSSR count). The van der Waals surface area contributed by atoms with Crippen molar-refractivity contribution in [3.63, 3.8) is 0 Å². The molecule has 1 aliphatic heterocycles. The molecule has 1 amide bonds. The molecule has 23 heavy (non-hydrogen) atoms. The molecule has 0 unspecified atom stereocenters. The summed E-state index contributed by atoms with van der Waals surface area (Å²) in [6.07, 6.45) is 0.271. The summed E-state index contributed by atoms with van der Waals surface area (Å²) in [5.74, 6) is 1.07. The van der Waals surface area contributed by atoms with Crippen molar-refractivity contribution in [2.45, 2.75) is 31.3 Å². The van der Waals surface area contributed by atoms with E-state index >= 15 is 0 Å². The van der Waals surface area contributed by atoms with Gasteiger partial charge in [0.05, 0.1) is 5.56 Å². The molecule has 1 aromatic carbocycles. The quantitative estimate of drug-likeness (QED) is 0.694. The summed E-state index contributed by atoms with van der Waals surface area (Å²) >= 11 is 1.49. The van der Waals surface area contributed by atoms with Gasteiger partial charge in [-0.3, -0.25) is 9.59 Å². The maximum Gasteiger partial charge on any atom is 0.279 e. The molecule has 0 aliphatic carbocycles. The third-order valence-corrected chi connectivity index (χ3v) is 4.93. The molecular weight excluding hydrogens is 310 g/mol. The van der Waals surface area contributed by atoms with Gasteiger partial charge >= 0.3 is 0 Å². The zero-order chi connectivity index (χ0) is 16.6. The second kappa shape index (κ2) is 6.20. The highest BCUT2D eigenvalue weighted by Gasteiger charge is 2.31. The van der Waals surface area contributed by atoms with E-state index in [2.05, 4.69) is 10.3 Å². The number of carbonyl (C=O) groups is 1. The number of nitrogens with one attached hydrogen (secondary N) is 1. The van der Waals surface area contributed by atoms with Crippen molar-refractivity contribution in [1.82, 2.24) is 9.55 Å². The summed E-state index contributed by atoms with van der Waals surface area (Å²) in [4.78, 5) is 29.0. The Morgan fingerprint density at radius 3 is 2.87 bits per heavy atom. The molecule has 0 saturated carbocycles. The number of amides is 1. The Morgan fingerprint density at radius 2 is 2.17 bits per heavy atom. The van der Waals surface area contributed by atoms with E-state index in [0.717, 1.165) is 16.9 Å². The molecule has 1 aromatic heterocycles. The molecule has 120 valence electrons. The second-order valence-corrected chi connectivity index (χ2v) is 6.90. The van der Waals surface area contributed by atoms with Crippen LogP contribution in [0.3, 0.4) is 0 Å². The lowest BCUT2D eigenvalue weighted by atomic mass is 9.86. The van der Waals surface area contributed by atoms with Crippen LogP contribution in [0.4, 0.5) is 5.82 Å². The Balaban J connectivity index is 2.20. The number of carbonyl (C=O) groups excluding carboxylic acids is 1. The Hall–Kier alpha value is -2.08. The highest BCUT2D eigenvalue weighted by atomic mass is 32.2. The third-order valence-electron chi connectivity index (χ3n) is 4.02. The van der Waals surface area contributed by atoms with Crippen LogP contribution in [0.5, 0.6) is 0 Å². The molecule has 5 nitrogen and oxygen atoms in total. The minimum atomic E-state index is -0.249. The number of nitrogens with zero attached hydrogens (tertiary/aromatic N) is 2. The van der Waals surface area contributed by atoms with Gasteiger partial charge in [-0.2, -0.15) is 4.98 Å². The van der Waals surface area contributed by atoms with Crippen molar-refractivity contribution in [2.75, 3.05) is 11.1 Å². The van der Waals surface area contributed by atoms with E-state index in [1.807, 2.05) is 49.7 Å². The number of thioether (sulfide) groups is 1. The van der Waals surface area contributed by atoms with Crippen molar-refractivity contribution in [3.8, 4) is 0 Å². The van der Waals surface area contributed by atoms with Gasteiger partial charge in [-0.25, -0.2) is 0 Å². The highest BCUT2D eigenvalue weighted by molar-refractivity contribution is 7.99. The van der Waals surface area contributed by atoms with Gasteiger partial charge in [0.15, 0.2) is 5.16 Å². The Labute approximate surface area is 139 Å². The van der Waals surface area contributed by atoms with Gasteiger partial charge in [0, 0.05) is 19.4 Å². The lowest BCUT2D eigenvalue weighted by Gasteiger charge is -2.27. The number of fused-ring (bicyclic) bond motifs is 1. The fourth-order valence-electron chi connectivity index (χ4n) is 2.97. The average Bonchev–Trinajstić information content (AvgIpc) is 2.51. The molecule has 0 saturated heterocycles. The van der Waals surface area contributed by atoms with Crippen LogP contribution in [0, 0.1) is 6.92 Å². The first-order valence-electron chi connectivity index (χ1n) is 7.61. The molecule has 2 heterocycles. The van der Waals surface area contributed by atoms with Crippen molar-refractivity contribution in [3.05, 3.63) is 51.3 Å². The first-order chi connectivity index (χ1) is 11.0. The van der Waals surface area contributed by atoms with Crippen LogP contribution in [0.1, 0.15) is 36.0 Å². The van der Waals surface area contributed by atoms with Crippen LogP contribution in [0.25, 0.3) is 0 Å². The predicted molar refractivity (Wildman–Crippen MR) is 92.1 cm³/mol. The standard InChI is InChI=1S/C17H19N3O2S/c1-4-23-17-19-16(22)14-12(11-7-5-6-10(2)8-11)9-13(21)18-15(14)20(17)3/h5-8,12H,4,9H2,1-3H3,(H,18,21)/t12-/m1/s1. The van der Waals surface area contributed by atoms with E-state index in [1.54, 1.807) is 0 Å². The summed E-state index contributed by atoms with van der Waals surface area (Å²) in [5, 5.41) is 3.48. The van der Waals surface area contributed by atoms with Crippen molar-refractivity contribution in [1.29, 1.82) is 0 Å². The largest absolute Gasteiger partial charge is 0.312 e. The van der Waals surface area contributed by atoms with Crippen LogP contribution in [-0.2, 0) is 11.8 Å². The van der Waals surface area contributed by atoms with E-state index in [9.17, 15) is 9.59 Å². The number of hydrogen-bond donors (Lipinski definition) is 1. The molecule has 1 aliphatic rings. The Morgan fingerprint density at radius 1 is 1.39 bits per heavy atom. The van der Waals surface area contributed by atoms with E-state index in [4.69, 9.17) is 0 Å². The maximum atomic E-state index is 12.6. The van der Waals surface area contributed by atoms with E-state index in [1.165, 1.54) is 11.8 Å². The van der Waals surface area contributed by atoms with Gasteiger partial charge in [-0.05, 0) is 18.2 Å². The molecule has 6 heteroatoms. The van der Waals surface area contributed by atoms with Crippen molar-refractivity contribution < 1.29 is 4.79 Å². The highest BCUT2D eigenvalue weighted by Crippen LogP contribution is 2.35. The maximum absolute atomic E-state index is 12.6. The molecular formula is C17H19N3O2S. The normalized spacial score (nSPS) is 16.8. The molecule has 0 radical (unpaired) electrons. The van der Waals surface area contributed by atoms with Crippen LogP contribution in [0.15, 0.2) is 34.2 Å². The molecule has 0 fully saturated rings. The predicted octanol–water partition coefficient (Wildman–Crippen LogP) is 2.67. The fourth-order valence-corrected chi connectivity index (χ4v) is 3.66. The average molecular weight is 329 g/mol. The first-order valence-corrected chi connectivity index (χ1v) is 8.60. The number of anilines is 1.